The number of likely N-dealkylation sites (tertiary alicyclic amines) is 1. The van der Waals surface area contributed by atoms with Gasteiger partial charge in [-0.05, 0) is 84.9 Å². The lowest BCUT2D eigenvalue weighted by Gasteiger charge is -2.44. The minimum atomic E-state index is -2.21. The Hall–Kier alpha value is -0.819. The highest BCUT2D eigenvalue weighted by atomic mass is 28.4. The summed E-state index contributed by atoms with van der Waals surface area (Å²) in [5.74, 6) is 0.116. The third-order valence-corrected chi connectivity index (χ3v) is 24.5. The Balaban J connectivity index is 2.04. The Morgan fingerprint density at radius 1 is 0.744 bits per heavy atom. The molecule has 9 heteroatoms. The summed E-state index contributed by atoms with van der Waals surface area (Å²) >= 11 is 0. The van der Waals surface area contributed by atoms with Gasteiger partial charge in [0.15, 0.2) is 25.0 Å². The van der Waals surface area contributed by atoms with E-state index in [1.165, 1.54) is 0 Å². The fraction of sp³-hybridized carbons (Fsp3) is 0.794. The van der Waals surface area contributed by atoms with Crippen molar-refractivity contribution in [1.82, 2.24) is 4.90 Å². The number of hydrogen-bond donors (Lipinski definition) is 0. The van der Waals surface area contributed by atoms with Crippen LogP contribution in [0.25, 0.3) is 0 Å². The van der Waals surface area contributed by atoms with Gasteiger partial charge in [0.25, 0.3) is 5.91 Å². The summed E-state index contributed by atoms with van der Waals surface area (Å²) in [7, 11) is -6.43. The van der Waals surface area contributed by atoms with Crippen molar-refractivity contribution in [2.75, 3.05) is 19.7 Å². The quantitative estimate of drug-likeness (QED) is 0.250. The lowest BCUT2D eigenvalue weighted by atomic mass is 10.00. The molecular formula is C34H63NO5Si3. The van der Waals surface area contributed by atoms with E-state index in [1.807, 2.05) is 17.0 Å². The van der Waals surface area contributed by atoms with Crippen molar-refractivity contribution in [3.63, 3.8) is 0 Å². The Labute approximate surface area is 267 Å². The second-order valence-corrected chi connectivity index (χ2v) is 31.8. The minimum Gasteiger partial charge on any atom is -0.414 e. The summed E-state index contributed by atoms with van der Waals surface area (Å²) in [5.41, 5.74) is 1.76. The summed E-state index contributed by atoms with van der Waals surface area (Å²) < 4.78 is 28.3. The van der Waals surface area contributed by atoms with E-state index in [9.17, 15) is 4.79 Å². The summed E-state index contributed by atoms with van der Waals surface area (Å²) in [6.07, 6.45) is 1.07. The first-order valence-electron chi connectivity index (χ1n) is 16.4. The summed E-state index contributed by atoms with van der Waals surface area (Å²) in [5, 5.41) is 0.158. The zero-order valence-electron chi connectivity index (χ0n) is 30.1. The Morgan fingerprint density at radius 3 is 1.63 bits per heavy atom. The van der Waals surface area contributed by atoms with Crippen molar-refractivity contribution >= 4 is 30.9 Å². The van der Waals surface area contributed by atoms with E-state index in [-0.39, 0.29) is 45.4 Å². The molecule has 2 saturated heterocycles. The largest absolute Gasteiger partial charge is 0.414 e. The molecule has 0 N–H and O–H groups in total. The molecule has 246 valence electrons. The normalized spacial score (nSPS) is 24.6. The van der Waals surface area contributed by atoms with Crippen molar-refractivity contribution in [2.24, 2.45) is 0 Å². The van der Waals surface area contributed by atoms with E-state index < -0.39 is 25.0 Å². The number of carbonyl (C=O) groups excluding carboxylic acids is 1. The Bertz CT molecular complexity index is 1090. The van der Waals surface area contributed by atoms with E-state index in [0.717, 1.165) is 37.1 Å². The molecule has 0 saturated carbocycles. The van der Waals surface area contributed by atoms with Crippen LogP contribution >= 0.6 is 0 Å². The van der Waals surface area contributed by atoms with E-state index in [4.69, 9.17) is 18.0 Å². The van der Waals surface area contributed by atoms with Gasteiger partial charge in [-0.3, -0.25) is 4.79 Å². The van der Waals surface area contributed by atoms with Crippen LogP contribution < -0.4 is 0 Å². The molecule has 0 spiro atoms. The van der Waals surface area contributed by atoms with Crippen LogP contribution in [-0.2, 0) is 18.0 Å². The number of benzene rings is 1. The van der Waals surface area contributed by atoms with Crippen molar-refractivity contribution in [2.45, 2.75) is 154 Å². The monoisotopic (exact) mass is 649 g/mol. The van der Waals surface area contributed by atoms with Gasteiger partial charge in [-0.2, -0.15) is 0 Å². The summed E-state index contributed by atoms with van der Waals surface area (Å²) in [6.45, 7) is 36.5. The molecule has 2 aliphatic rings. The van der Waals surface area contributed by atoms with Gasteiger partial charge in [-0.15, -0.1) is 0 Å². The topological polar surface area (TPSA) is 57.2 Å². The fourth-order valence-electron chi connectivity index (χ4n) is 4.86. The van der Waals surface area contributed by atoms with Gasteiger partial charge in [0.1, 0.15) is 24.4 Å². The predicted molar refractivity (Wildman–Crippen MR) is 186 cm³/mol. The predicted octanol–water partition coefficient (Wildman–Crippen LogP) is 9.17. The fourth-order valence-corrected chi connectivity index (χ4v) is 8.49. The molecule has 43 heavy (non-hydrogen) atoms. The van der Waals surface area contributed by atoms with Crippen LogP contribution in [0.3, 0.4) is 0 Å². The second-order valence-electron chi connectivity index (χ2n) is 17.5. The standard InChI is InChI=1S/C34H63NO5Si3/c1-32(2,3)41(10,11)37-24-27-29(39-42(12,13)33(4,5)6)30(40-43(14,15)34(7,8)9)28(38-27)25-18-20-26(21-19-25)31(36)35-22-16-17-23-35/h18-21,27-30H,16-17,22-24H2,1-15H3/t27-,28+,29-,30+/m1/s1. The third kappa shape index (κ3) is 8.32. The molecule has 2 heterocycles. The molecule has 0 aromatic heterocycles. The lowest BCUT2D eigenvalue weighted by Crippen LogP contribution is -2.54. The minimum absolute atomic E-state index is 0.0286. The molecule has 1 aromatic rings. The van der Waals surface area contributed by atoms with Crippen LogP contribution in [0.1, 0.15) is 97.2 Å². The van der Waals surface area contributed by atoms with Crippen LogP contribution in [-0.4, -0.2) is 73.8 Å². The van der Waals surface area contributed by atoms with Crippen molar-refractivity contribution in [3.8, 4) is 0 Å². The van der Waals surface area contributed by atoms with Gasteiger partial charge in [-0.1, -0.05) is 74.4 Å². The molecule has 3 rings (SSSR count). The highest BCUT2D eigenvalue weighted by molar-refractivity contribution is 6.75. The molecule has 0 bridgehead atoms. The maximum atomic E-state index is 13.1. The molecule has 0 radical (unpaired) electrons. The van der Waals surface area contributed by atoms with Gasteiger partial charge in [-0.25, -0.2) is 0 Å². The van der Waals surface area contributed by atoms with Gasteiger partial charge in [0.2, 0.25) is 0 Å². The first kappa shape index (κ1) is 36.6. The maximum absolute atomic E-state index is 13.1. The summed E-state index contributed by atoms with van der Waals surface area (Å²) in [4.78, 5) is 15.1. The average Bonchev–Trinajstić information content (AvgIpc) is 3.49. The Kier molecular flexibility index (Phi) is 10.9. The van der Waals surface area contributed by atoms with Gasteiger partial charge in [0, 0.05) is 18.7 Å². The lowest BCUT2D eigenvalue weighted by molar-refractivity contribution is -0.0172. The molecular weight excluding hydrogens is 587 g/mol. The zero-order valence-corrected chi connectivity index (χ0v) is 33.1. The number of amides is 1. The van der Waals surface area contributed by atoms with Crippen LogP contribution in [0, 0.1) is 0 Å². The molecule has 1 aromatic carbocycles. The van der Waals surface area contributed by atoms with Crippen LogP contribution in [0.5, 0.6) is 0 Å². The molecule has 0 unspecified atom stereocenters. The van der Waals surface area contributed by atoms with E-state index >= 15 is 0 Å². The number of carbonyl (C=O) groups is 1. The number of hydrogen-bond acceptors (Lipinski definition) is 5. The number of nitrogens with zero attached hydrogens (tertiary/aromatic N) is 1. The third-order valence-electron chi connectivity index (χ3n) is 11.1. The molecule has 1 amide bonds. The molecule has 4 atom stereocenters. The Morgan fingerprint density at radius 2 is 1.19 bits per heavy atom. The SMILES string of the molecule is CC(C)(C)[Si](C)(C)OC[C@H]1O[C@@H](c2ccc(C(=O)N3CCCC3)cc2)[C@H](O[Si](C)(C)C(C)(C)C)[C@@H]1O[Si](C)(C)C(C)(C)C. The van der Waals surface area contributed by atoms with Gasteiger partial charge in [0.05, 0.1) is 6.61 Å². The van der Waals surface area contributed by atoms with E-state index in [2.05, 4.69) is 114 Å². The van der Waals surface area contributed by atoms with E-state index in [1.54, 1.807) is 0 Å². The van der Waals surface area contributed by atoms with Gasteiger partial charge < -0.3 is 22.9 Å². The molecule has 0 aliphatic carbocycles. The average molecular weight is 650 g/mol. The van der Waals surface area contributed by atoms with E-state index in [0.29, 0.717) is 6.61 Å². The maximum Gasteiger partial charge on any atom is 0.253 e. The highest BCUT2D eigenvalue weighted by Gasteiger charge is 2.54. The van der Waals surface area contributed by atoms with Crippen LogP contribution in [0.4, 0.5) is 0 Å². The second kappa shape index (κ2) is 12.8. The number of ether oxygens (including phenoxy) is 1. The van der Waals surface area contributed by atoms with Gasteiger partial charge >= 0.3 is 0 Å². The van der Waals surface area contributed by atoms with Crippen molar-refractivity contribution < 1.29 is 22.8 Å². The van der Waals surface area contributed by atoms with Crippen LogP contribution in [0.15, 0.2) is 24.3 Å². The molecule has 2 aliphatic heterocycles. The summed E-state index contributed by atoms with van der Waals surface area (Å²) in [6, 6.07) is 8.06. The smallest absolute Gasteiger partial charge is 0.253 e. The zero-order chi connectivity index (χ0) is 32.8. The highest BCUT2D eigenvalue weighted by Crippen LogP contribution is 2.47. The first-order chi connectivity index (χ1) is 19.4. The first-order valence-corrected chi connectivity index (χ1v) is 25.1. The van der Waals surface area contributed by atoms with Crippen molar-refractivity contribution in [1.29, 1.82) is 0 Å². The van der Waals surface area contributed by atoms with Crippen LogP contribution in [0.2, 0.25) is 54.4 Å². The molecule has 2 fully saturated rings. The molecule has 6 nitrogen and oxygen atoms in total. The number of rotatable bonds is 9. The van der Waals surface area contributed by atoms with Crippen molar-refractivity contribution in [3.05, 3.63) is 35.4 Å².